The highest BCUT2D eigenvalue weighted by Gasteiger charge is 2.69. The molecule has 0 heterocycles. The number of carbonyl (C=O) groups is 5. The summed E-state index contributed by atoms with van der Waals surface area (Å²) in [5.41, 5.74) is 2.34. The topological polar surface area (TPSA) is 158 Å². The number of carbonyl (C=O) groups excluding carboxylic acids is 5. The number of phenolic OH excluding ortho intramolecular Hbond substituents is 1. The molecule has 3 aliphatic carbocycles. The van der Waals surface area contributed by atoms with Crippen LogP contribution >= 0.6 is 0 Å². The maximum atomic E-state index is 15.9. The number of likely N-dealkylation sites (N-methyl/N-ethyl adjacent to an activating group) is 1. The molecule has 3 aliphatic rings. The normalized spacial score (nSPS) is 31.4. The van der Waals surface area contributed by atoms with E-state index in [-0.39, 0.29) is 42.1 Å². The molecule has 1 aromatic rings. The fourth-order valence-electron chi connectivity index (χ4n) is 6.74. The van der Waals surface area contributed by atoms with E-state index in [4.69, 9.17) is 5.73 Å². The molecule has 1 amide bonds. The van der Waals surface area contributed by atoms with Crippen LogP contribution in [-0.4, -0.2) is 87.9 Å². The van der Waals surface area contributed by atoms with Gasteiger partial charge in [0, 0.05) is 29.6 Å². The fraction of sp³-hybridized carbons (Fsp3) is 0.607. The molecule has 0 aromatic heterocycles. The van der Waals surface area contributed by atoms with Crippen LogP contribution in [0.3, 0.4) is 0 Å². The lowest BCUT2D eigenvalue weighted by molar-refractivity contribution is -0.181. The lowest BCUT2D eigenvalue weighted by atomic mass is 9.52. The molecule has 2 unspecified atom stereocenters. The van der Waals surface area contributed by atoms with Gasteiger partial charge in [-0.1, -0.05) is 13.8 Å². The largest absolute Gasteiger partial charge is 0.507 e. The number of rotatable bonds is 6. The van der Waals surface area contributed by atoms with Crippen LogP contribution in [0.2, 0.25) is 0 Å². The molecule has 11 heteroatoms. The van der Waals surface area contributed by atoms with E-state index in [9.17, 15) is 34.2 Å². The summed E-state index contributed by atoms with van der Waals surface area (Å²) in [6.45, 7) is 6.25. The Bertz CT molecular complexity index is 1280. The number of aliphatic hydroxyl groups is 1. The maximum Gasteiger partial charge on any atom is 0.235 e. The Balaban J connectivity index is 1.79. The molecule has 212 valence electrons. The van der Waals surface area contributed by atoms with Crippen molar-refractivity contribution in [2.75, 3.05) is 21.1 Å². The summed E-state index contributed by atoms with van der Waals surface area (Å²) in [5.74, 6) is -12.0. The SMILES string of the molecule is CC(C)[C@@H](C)N(C)Cc1cc(O)c2c(c1F)C[C@H]1C[C@H]3[C@H](N(C)C)C(=O)C(C(N)=O)C(=O)[C@@]3(O)C(=O)C1C2=O. The number of ketones is 4. The molecule has 2 fully saturated rings. The average molecular weight is 546 g/mol. The predicted octanol–water partition coefficient (Wildman–Crippen LogP) is 0.482. The maximum absolute atomic E-state index is 15.9. The highest BCUT2D eigenvalue weighted by atomic mass is 19.1. The summed E-state index contributed by atoms with van der Waals surface area (Å²) < 4.78 is 15.9. The molecule has 4 N–H and O–H groups in total. The van der Waals surface area contributed by atoms with Crippen LogP contribution < -0.4 is 5.73 Å². The van der Waals surface area contributed by atoms with Gasteiger partial charge in [-0.25, -0.2) is 4.39 Å². The van der Waals surface area contributed by atoms with E-state index in [0.29, 0.717) is 5.92 Å². The van der Waals surface area contributed by atoms with Gasteiger partial charge in [-0.2, -0.15) is 0 Å². The summed E-state index contributed by atoms with van der Waals surface area (Å²) in [5, 5.41) is 22.4. The van der Waals surface area contributed by atoms with Gasteiger partial charge in [-0.15, -0.1) is 0 Å². The van der Waals surface area contributed by atoms with Gasteiger partial charge in [0.05, 0.1) is 17.5 Å². The van der Waals surface area contributed by atoms with Gasteiger partial charge in [-0.05, 0) is 58.8 Å². The second kappa shape index (κ2) is 9.87. The molecule has 39 heavy (non-hydrogen) atoms. The smallest absolute Gasteiger partial charge is 0.235 e. The van der Waals surface area contributed by atoms with E-state index in [1.54, 1.807) is 0 Å². The number of amides is 1. The quantitative estimate of drug-likeness (QED) is 0.432. The Morgan fingerprint density at radius 3 is 2.31 bits per heavy atom. The van der Waals surface area contributed by atoms with Crippen molar-refractivity contribution in [3.8, 4) is 5.75 Å². The number of nitrogens with two attached hydrogens (primary N) is 1. The van der Waals surface area contributed by atoms with Crippen LogP contribution in [-0.2, 0) is 32.1 Å². The molecule has 7 atom stereocenters. The lowest BCUT2D eigenvalue weighted by Crippen LogP contribution is -2.74. The van der Waals surface area contributed by atoms with Gasteiger partial charge in [0.2, 0.25) is 5.91 Å². The molecule has 2 saturated carbocycles. The molecule has 10 nitrogen and oxygen atoms in total. The second-order valence-electron chi connectivity index (χ2n) is 11.9. The Kier molecular flexibility index (Phi) is 7.33. The zero-order valence-corrected chi connectivity index (χ0v) is 23.0. The number of phenols is 1. The number of hydrogen-bond donors (Lipinski definition) is 3. The Labute approximate surface area is 226 Å². The highest BCUT2D eigenvalue weighted by molar-refractivity contribution is 6.32. The highest BCUT2D eigenvalue weighted by Crippen LogP contribution is 2.51. The summed E-state index contributed by atoms with van der Waals surface area (Å²) in [6, 6.07) is 0.0780. The van der Waals surface area contributed by atoms with Crippen LogP contribution in [0.5, 0.6) is 5.75 Å². The number of benzene rings is 1. The van der Waals surface area contributed by atoms with Crippen LogP contribution in [0.4, 0.5) is 4.39 Å². The average Bonchev–Trinajstić information content (AvgIpc) is 2.83. The zero-order chi connectivity index (χ0) is 29.3. The van der Waals surface area contributed by atoms with Crippen molar-refractivity contribution in [1.29, 1.82) is 0 Å². The van der Waals surface area contributed by atoms with Crippen LogP contribution in [0.15, 0.2) is 6.07 Å². The Morgan fingerprint density at radius 1 is 1.15 bits per heavy atom. The molecule has 0 aliphatic heterocycles. The van der Waals surface area contributed by atoms with Crippen molar-refractivity contribution in [2.45, 2.75) is 57.8 Å². The minimum Gasteiger partial charge on any atom is -0.507 e. The summed E-state index contributed by atoms with van der Waals surface area (Å²) >= 11 is 0. The first-order valence-corrected chi connectivity index (χ1v) is 13.1. The van der Waals surface area contributed by atoms with E-state index < -0.39 is 75.9 Å². The molecule has 0 spiro atoms. The first-order chi connectivity index (χ1) is 18.0. The molecular formula is C28H36FN3O7. The number of Topliss-reactive ketones (excluding diaryl/α,β-unsaturated/α-hetero) is 4. The first kappa shape index (κ1) is 29.0. The van der Waals surface area contributed by atoms with Gasteiger partial charge in [0.15, 0.2) is 34.7 Å². The summed E-state index contributed by atoms with van der Waals surface area (Å²) in [4.78, 5) is 69.2. The van der Waals surface area contributed by atoms with Gasteiger partial charge in [0.25, 0.3) is 0 Å². The van der Waals surface area contributed by atoms with Crippen molar-refractivity contribution < 1.29 is 38.6 Å². The van der Waals surface area contributed by atoms with Crippen molar-refractivity contribution in [3.05, 3.63) is 28.6 Å². The van der Waals surface area contributed by atoms with Crippen LogP contribution in [0.1, 0.15) is 48.7 Å². The number of primary amides is 1. The molecular weight excluding hydrogens is 509 g/mol. The fourth-order valence-corrected chi connectivity index (χ4v) is 6.74. The number of halogens is 1. The van der Waals surface area contributed by atoms with Crippen molar-refractivity contribution in [3.63, 3.8) is 0 Å². The monoisotopic (exact) mass is 545 g/mol. The van der Waals surface area contributed by atoms with E-state index in [1.165, 1.54) is 25.1 Å². The van der Waals surface area contributed by atoms with Crippen LogP contribution in [0.25, 0.3) is 0 Å². The number of fused-ring (bicyclic) bond motifs is 3. The zero-order valence-electron chi connectivity index (χ0n) is 23.0. The molecule has 4 rings (SSSR count). The molecule has 1 aromatic carbocycles. The minimum absolute atomic E-state index is 0.0232. The standard InChI is InChI=1S/C28H36FN3O7/c1-11(2)12(3)32(6)10-14-9-17(33)19-15(21(14)29)7-13-8-16-22(31(4)5)24(35)20(27(30)38)26(37)28(16,39)25(36)18(13)23(19)34/h9,11-13,16,18,20,22,33,39H,7-8,10H2,1-6H3,(H2,30,38)/t12-,13+,16+,18?,20?,22+,28+/m1/s1. The second-order valence-corrected chi connectivity index (χ2v) is 11.9. The third kappa shape index (κ3) is 4.22. The van der Waals surface area contributed by atoms with Gasteiger partial charge in [0.1, 0.15) is 11.6 Å². The third-order valence-electron chi connectivity index (χ3n) is 9.15. The van der Waals surface area contributed by atoms with E-state index in [1.807, 2.05) is 32.7 Å². The molecule has 0 saturated heterocycles. The number of nitrogens with zero attached hydrogens (tertiary/aromatic N) is 2. The summed E-state index contributed by atoms with van der Waals surface area (Å²) in [6.07, 6.45) is -0.235. The van der Waals surface area contributed by atoms with Crippen LogP contribution in [0, 0.1) is 35.4 Å². The van der Waals surface area contributed by atoms with E-state index in [2.05, 4.69) is 0 Å². The lowest BCUT2D eigenvalue weighted by Gasteiger charge is -2.52. The van der Waals surface area contributed by atoms with Crippen molar-refractivity contribution in [1.82, 2.24) is 9.80 Å². The molecule has 0 bridgehead atoms. The van der Waals surface area contributed by atoms with Gasteiger partial charge in [-0.3, -0.25) is 33.8 Å². The van der Waals surface area contributed by atoms with E-state index >= 15 is 4.39 Å². The third-order valence-corrected chi connectivity index (χ3v) is 9.15. The van der Waals surface area contributed by atoms with Gasteiger partial charge >= 0.3 is 0 Å². The first-order valence-electron chi connectivity index (χ1n) is 13.1. The number of aromatic hydroxyl groups is 1. The predicted molar refractivity (Wildman–Crippen MR) is 137 cm³/mol. The Morgan fingerprint density at radius 2 is 1.77 bits per heavy atom. The van der Waals surface area contributed by atoms with Crippen molar-refractivity contribution in [2.24, 2.45) is 35.3 Å². The summed E-state index contributed by atoms with van der Waals surface area (Å²) in [7, 11) is 4.85. The van der Waals surface area contributed by atoms with Gasteiger partial charge < -0.3 is 15.9 Å². The van der Waals surface area contributed by atoms with Crippen molar-refractivity contribution >= 4 is 29.0 Å². The number of hydrogen-bond acceptors (Lipinski definition) is 9. The molecule has 0 radical (unpaired) electrons. The van der Waals surface area contributed by atoms with E-state index in [0.717, 1.165) is 0 Å². The Hall–Kier alpha value is -3.02. The minimum atomic E-state index is -2.80.